The number of ether oxygens (including phenoxy) is 1. The second-order valence-corrected chi connectivity index (χ2v) is 12.0. The molecule has 0 radical (unpaired) electrons. The van der Waals surface area contributed by atoms with Gasteiger partial charge in [0, 0.05) is 60.3 Å². The first-order valence-corrected chi connectivity index (χ1v) is 15.4. The van der Waals surface area contributed by atoms with E-state index in [4.69, 9.17) is 15.5 Å². The maximum atomic E-state index is 13.0. The Kier molecular flexibility index (Phi) is 7.95. The van der Waals surface area contributed by atoms with E-state index in [1.807, 2.05) is 60.0 Å². The predicted octanol–water partition coefficient (Wildman–Crippen LogP) is 3.86. The summed E-state index contributed by atoms with van der Waals surface area (Å²) in [5.41, 5.74) is 9.67. The summed E-state index contributed by atoms with van der Waals surface area (Å²) >= 11 is 1.51. The molecule has 3 aliphatic heterocycles. The van der Waals surface area contributed by atoms with Gasteiger partial charge in [-0.05, 0) is 37.1 Å². The van der Waals surface area contributed by atoms with Gasteiger partial charge in [0.15, 0.2) is 6.04 Å². The molecule has 0 spiro atoms. The highest BCUT2D eigenvalue weighted by molar-refractivity contribution is 7.13. The SMILES string of the molecule is CC(=O)[N+]1(c2ccc(-c3nc(-c4ccc(NC(=O)[C@@H]5C=CCN5C(=O)[C@@H]5CCCO5)cc4)cs3)cc2)CCC[C@H]1C(N)=O. The molecule has 1 aromatic heterocycles. The highest BCUT2D eigenvalue weighted by Gasteiger charge is 2.51. The molecule has 0 aliphatic carbocycles. The van der Waals surface area contributed by atoms with Crippen LogP contribution < -0.4 is 15.5 Å². The molecule has 2 saturated heterocycles. The molecule has 4 atom stereocenters. The third-order valence-electron chi connectivity index (χ3n) is 8.65. The van der Waals surface area contributed by atoms with Gasteiger partial charge in [-0.15, -0.1) is 11.3 Å². The normalized spacial score (nSPS) is 24.8. The molecule has 3 N–H and O–H groups in total. The maximum Gasteiger partial charge on any atom is 0.316 e. The molecule has 0 bridgehead atoms. The number of nitrogens with two attached hydrogens (primary N) is 1. The van der Waals surface area contributed by atoms with Crippen molar-refractivity contribution in [3.63, 3.8) is 0 Å². The van der Waals surface area contributed by atoms with E-state index in [1.54, 1.807) is 11.0 Å². The zero-order valence-electron chi connectivity index (χ0n) is 23.9. The van der Waals surface area contributed by atoms with Gasteiger partial charge in [0.1, 0.15) is 22.8 Å². The Morgan fingerprint density at radius 2 is 1.77 bits per heavy atom. The molecular formula is C32H34N5O5S+. The van der Waals surface area contributed by atoms with Crippen LogP contribution in [0.15, 0.2) is 66.1 Å². The molecule has 43 heavy (non-hydrogen) atoms. The van der Waals surface area contributed by atoms with Crippen molar-refractivity contribution in [2.75, 3.05) is 25.0 Å². The monoisotopic (exact) mass is 600 g/mol. The summed E-state index contributed by atoms with van der Waals surface area (Å²) in [6.07, 6.45) is 6.02. The average molecular weight is 601 g/mol. The van der Waals surface area contributed by atoms with Crippen molar-refractivity contribution in [1.29, 1.82) is 0 Å². The Balaban J connectivity index is 1.12. The standard InChI is InChI=1S/C32H33N5O5S/c1-20(38)37(17-3-6-27(37)29(33)39)24-14-10-22(11-15-24)31-35-25(19-43-31)21-8-12-23(13-9-21)34-30(40)26-5-2-16-36(26)32(41)28-7-4-18-42-28/h2,5,8-15,19,26-28H,3-4,6-7,16-18H2,1H3,(H2-,33,34,39,40)/p+1/t26-,27-,28-,37?/m0/s1. The van der Waals surface area contributed by atoms with E-state index < -0.39 is 24.1 Å². The van der Waals surface area contributed by atoms with Crippen molar-refractivity contribution in [3.05, 3.63) is 66.1 Å². The average Bonchev–Trinajstić information content (AvgIpc) is 3.83. The summed E-state index contributed by atoms with van der Waals surface area (Å²) in [5, 5.41) is 5.72. The molecule has 2 fully saturated rings. The fourth-order valence-electron chi connectivity index (χ4n) is 6.42. The van der Waals surface area contributed by atoms with E-state index >= 15 is 0 Å². The number of rotatable bonds is 7. The van der Waals surface area contributed by atoms with Crippen LogP contribution in [0.3, 0.4) is 0 Å². The molecule has 0 saturated carbocycles. The van der Waals surface area contributed by atoms with Gasteiger partial charge in [0.2, 0.25) is 0 Å². The van der Waals surface area contributed by atoms with Gasteiger partial charge in [-0.2, -0.15) is 0 Å². The zero-order valence-corrected chi connectivity index (χ0v) is 24.7. The van der Waals surface area contributed by atoms with Crippen LogP contribution in [0.5, 0.6) is 0 Å². The fourth-order valence-corrected chi connectivity index (χ4v) is 7.26. The van der Waals surface area contributed by atoms with Gasteiger partial charge in [0.05, 0.1) is 19.2 Å². The predicted molar refractivity (Wildman–Crippen MR) is 165 cm³/mol. The first kappa shape index (κ1) is 28.9. The Morgan fingerprint density at radius 1 is 1.02 bits per heavy atom. The first-order chi connectivity index (χ1) is 20.8. The number of carbonyl (C=O) groups is 4. The molecule has 4 amide bonds. The smallest absolute Gasteiger partial charge is 0.316 e. The topological polar surface area (TPSA) is 132 Å². The molecular weight excluding hydrogens is 566 g/mol. The summed E-state index contributed by atoms with van der Waals surface area (Å²) in [6, 6.07) is 13.9. The number of likely N-dealkylation sites (tertiary alicyclic amines) is 1. The summed E-state index contributed by atoms with van der Waals surface area (Å²) < 4.78 is 5.49. The lowest BCUT2D eigenvalue weighted by molar-refractivity contribution is -0.144. The van der Waals surface area contributed by atoms with Gasteiger partial charge in [-0.1, -0.05) is 24.3 Å². The highest BCUT2D eigenvalue weighted by Crippen LogP contribution is 2.37. The molecule has 222 valence electrons. The van der Waals surface area contributed by atoms with Crippen LogP contribution in [-0.4, -0.2) is 71.4 Å². The number of nitrogens with zero attached hydrogens (tertiary/aromatic N) is 3. The van der Waals surface area contributed by atoms with Gasteiger partial charge >= 0.3 is 5.91 Å². The first-order valence-electron chi connectivity index (χ1n) is 14.5. The van der Waals surface area contributed by atoms with Crippen LogP contribution in [0.25, 0.3) is 21.8 Å². The number of primary amides is 1. The largest absolute Gasteiger partial charge is 0.368 e. The number of thiazole rings is 1. The van der Waals surface area contributed by atoms with E-state index in [9.17, 15) is 19.2 Å². The van der Waals surface area contributed by atoms with E-state index in [1.165, 1.54) is 18.3 Å². The molecule has 2 aromatic carbocycles. The van der Waals surface area contributed by atoms with Crippen molar-refractivity contribution in [1.82, 2.24) is 14.4 Å². The van der Waals surface area contributed by atoms with Gasteiger partial charge in [-0.3, -0.25) is 14.4 Å². The van der Waals surface area contributed by atoms with Crippen LogP contribution >= 0.6 is 11.3 Å². The van der Waals surface area contributed by atoms with Crippen LogP contribution in [0, 0.1) is 0 Å². The lowest BCUT2D eigenvalue weighted by atomic mass is 10.1. The molecule has 3 aromatic rings. The fraction of sp³-hybridized carbons (Fsp3) is 0.344. The van der Waals surface area contributed by atoms with E-state index in [0.29, 0.717) is 38.2 Å². The third-order valence-corrected chi connectivity index (χ3v) is 9.54. The second-order valence-electron chi connectivity index (χ2n) is 11.2. The Bertz CT molecular complexity index is 1580. The molecule has 6 rings (SSSR count). The van der Waals surface area contributed by atoms with Crippen molar-refractivity contribution in [3.8, 4) is 21.8 Å². The lowest BCUT2D eigenvalue weighted by Crippen LogP contribution is -2.60. The number of benzene rings is 2. The van der Waals surface area contributed by atoms with Gasteiger partial charge in [0.25, 0.3) is 17.7 Å². The van der Waals surface area contributed by atoms with Crippen LogP contribution in [0.4, 0.5) is 11.4 Å². The van der Waals surface area contributed by atoms with Crippen LogP contribution in [0.1, 0.15) is 32.6 Å². The quantitative estimate of drug-likeness (QED) is 0.313. The highest BCUT2D eigenvalue weighted by atomic mass is 32.1. The van der Waals surface area contributed by atoms with Crippen LogP contribution in [-0.2, 0) is 23.9 Å². The Morgan fingerprint density at radius 3 is 2.44 bits per heavy atom. The van der Waals surface area contributed by atoms with Gasteiger partial charge < -0.3 is 20.7 Å². The second kappa shape index (κ2) is 11.8. The number of anilines is 1. The number of amides is 4. The number of aromatic nitrogens is 1. The number of carbonyl (C=O) groups excluding carboxylic acids is 4. The summed E-state index contributed by atoms with van der Waals surface area (Å²) in [4.78, 5) is 57.1. The number of nitrogens with one attached hydrogen (secondary N) is 1. The number of hydrogen-bond donors (Lipinski definition) is 2. The maximum absolute atomic E-state index is 13.0. The minimum atomic E-state index is -0.664. The minimum absolute atomic E-state index is 0.0398. The Labute approximate surface area is 253 Å². The van der Waals surface area contributed by atoms with E-state index in [-0.39, 0.29) is 22.2 Å². The number of quaternary nitrogens is 1. The molecule has 1 unspecified atom stereocenters. The zero-order chi connectivity index (χ0) is 30.1. The van der Waals surface area contributed by atoms with Gasteiger partial charge in [-0.25, -0.2) is 14.3 Å². The van der Waals surface area contributed by atoms with Crippen molar-refractivity contribution in [2.24, 2.45) is 5.73 Å². The lowest BCUT2D eigenvalue weighted by Gasteiger charge is -2.34. The molecule has 3 aliphatic rings. The Hall–Kier alpha value is -4.19. The molecule has 4 heterocycles. The van der Waals surface area contributed by atoms with Crippen molar-refractivity contribution >= 4 is 46.3 Å². The number of hydrogen-bond acceptors (Lipinski definition) is 7. The van der Waals surface area contributed by atoms with Crippen molar-refractivity contribution < 1.29 is 23.9 Å². The summed E-state index contributed by atoms with van der Waals surface area (Å²) in [5.74, 6) is -0.946. The minimum Gasteiger partial charge on any atom is -0.368 e. The van der Waals surface area contributed by atoms with Crippen molar-refractivity contribution in [2.45, 2.75) is 50.8 Å². The van der Waals surface area contributed by atoms with E-state index in [2.05, 4.69) is 5.32 Å². The van der Waals surface area contributed by atoms with E-state index in [0.717, 1.165) is 40.4 Å². The summed E-state index contributed by atoms with van der Waals surface area (Å²) in [7, 11) is 0. The molecule has 11 heteroatoms. The molecule has 10 nitrogen and oxygen atoms in total. The van der Waals surface area contributed by atoms with Crippen LogP contribution in [0.2, 0.25) is 0 Å². The summed E-state index contributed by atoms with van der Waals surface area (Å²) in [6.45, 7) is 3.05. The third kappa shape index (κ3) is 5.39.